The van der Waals surface area contributed by atoms with E-state index in [1.165, 1.54) is 0 Å². The molecule has 6 nitrogen and oxygen atoms in total. The molecule has 1 aliphatic heterocycles. The number of aromatic nitrogens is 4. The number of aryl methyl sites for hydroxylation is 1. The Labute approximate surface area is 171 Å². The maximum atomic E-state index is 13.5. The van der Waals surface area contributed by atoms with E-state index in [9.17, 15) is 4.79 Å². The summed E-state index contributed by atoms with van der Waals surface area (Å²) < 4.78 is 2.21. The van der Waals surface area contributed by atoms with Gasteiger partial charge >= 0.3 is 0 Å². The SMILES string of the molecule is Cc1ncc(C(=O)N2CCC[C@H](c3nccn3C(C)C)C2)c(-c2ccccc2)n1. The summed E-state index contributed by atoms with van der Waals surface area (Å²) in [6.07, 6.45) is 7.57. The average Bonchev–Trinajstić information content (AvgIpc) is 3.24. The van der Waals surface area contributed by atoms with Crippen LogP contribution in [0.5, 0.6) is 0 Å². The number of imidazole rings is 1. The fourth-order valence-electron chi connectivity index (χ4n) is 4.06. The Bertz CT molecular complexity index is 996. The molecule has 0 bridgehead atoms. The summed E-state index contributed by atoms with van der Waals surface area (Å²) in [5.41, 5.74) is 2.20. The zero-order valence-corrected chi connectivity index (χ0v) is 17.2. The molecule has 1 atom stereocenters. The van der Waals surface area contributed by atoms with E-state index >= 15 is 0 Å². The Kier molecular flexibility index (Phi) is 5.43. The zero-order valence-electron chi connectivity index (χ0n) is 17.2. The van der Waals surface area contributed by atoms with Gasteiger partial charge in [-0.05, 0) is 33.6 Å². The van der Waals surface area contributed by atoms with Crippen LogP contribution in [-0.2, 0) is 0 Å². The maximum Gasteiger partial charge on any atom is 0.257 e. The third kappa shape index (κ3) is 3.92. The Morgan fingerprint density at radius 1 is 1.17 bits per heavy atom. The number of nitrogens with zero attached hydrogens (tertiary/aromatic N) is 5. The van der Waals surface area contributed by atoms with Gasteiger partial charge in [-0.15, -0.1) is 0 Å². The molecule has 1 aromatic carbocycles. The Morgan fingerprint density at radius 3 is 2.72 bits per heavy atom. The number of hydrogen-bond acceptors (Lipinski definition) is 4. The largest absolute Gasteiger partial charge is 0.338 e. The minimum Gasteiger partial charge on any atom is -0.338 e. The average molecular weight is 390 g/mol. The van der Waals surface area contributed by atoms with Crippen molar-refractivity contribution in [2.75, 3.05) is 13.1 Å². The van der Waals surface area contributed by atoms with Gasteiger partial charge in [-0.25, -0.2) is 15.0 Å². The molecule has 0 N–H and O–H groups in total. The molecule has 29 heavy (non-hydrogen) atoms. The highest BCUT2D eigenvalue weighted by Crippen LogP contribution is 2.30. The highest BCUT2D eigenvalue weighted by atomic mass is 16.2. The normalized spacial score (nSPS) is 17.0. The number of carbonyl (C=O) groups is 1. The number of piperidine rings is 1. The number of benzene rings is 1. The molecule has 1 aliphatic rings. The van der Waals surface area contributed by atoms with E-state index in [0.29, 0.717) is 29.7 Å². The lowest BCUT2D eigenvalue weighted by Crippen LogP contribution is -2.40. The predicted octanol–water partition coefficient (Wildman–Crippen LogP) is 4.25. The predicted molar refractivity (Wildman–Crippen MR) is 113 cm³/mol. The van der Waals surface area contributed by atoms with Crippen LogP contribution in [0.1, 0.15) is 60.7 Å². The minimum absolute atomic E-state index is 0.00351. The van der Waals surface area contributed by atoms with E-state index in [-0.39, 0.29) is 11.8 Å². The molecule has 1 fully saturated rings. The number of carbonyl (C=O) groups excluding carboxylic acids is 1. The summed E-state index contributed by atoms with van der Waals surface area (Å²) in [4.78, 5) is 28.9. The van der Waals surface area contributed by atoms with Gasteiger partial charge in [-0.1, -0.05) is 30.3 Å². The van der Waals surface area contributed by atoms with E-state index < -0.39 is 0 Å². The maximum absolute atomic E-state index is 13.5. The van der Waals surface area contributed by atoms with Crippen molar-refractivity contribution < 1.29 is 4.79 Å². The summed E-state index contributed by atoms with van der Waals surface area (Å²) in [7, 11) is 0. The summed E-state index contributed by atoms with van der Waals surface area (Å²) in [6, 6.07) is 10.2. The number of amides is 1. The summed E-state index contributed by atoms with van der Waals surface area (Å²) in [5.74, 6) is 1.98. The van der Waals surface area contributed by atoms with Crippen LogP contribution in [0.25, 0.3) is 11.3 Å². The van der Waals surface area contributed by atoms with E-state index in [0.717, 1.165) is 30.8 Å². The molecule has 0 radical (unpaired) electrons. The second-order valence-electron chi connectivity index (χ2n) is 7.92. The fraction of sp³-hybridized carbons (Fsp3) is 0.391. The number of rotatable bonds is 4. The van der Waals surface area contributed by atoms with Crippen molar-refractivity contribution in [2.24, 2.45) is 0 Å². The van der Waals surface area contributed by atoms with E-state index in [1.807, 2.05) is 54.5 Å². The lowest BCUT2D eigenvalue weighted by molar-refractivity contribution is 0.0703. The summed E-state index contributed by atoms with van der Waals surface area (Å²) in [6.45, 7) is 7.59. The topological polar surface area (TPSA) is 63.9 Å². The van der Waals surface area contributed by atoms with Crippen molar-refractivity contribution in [1.29, 1.82) is 0 Å². The fourth-order valence-corrected chi connectivity index (χ4v) is 4.06. The molecule has 3 aromatic rings. The van der Waals surface area contributed by atoms with Gasteiger partial charge in [-0.2, -0.15) is 0 Å². The molecule has 0 saturated carbocycles. The van der Waals surface area contributed by atoms with Gasteiger partial charge in [0.2, 0.25) is 0 Å². The first-order valence-corrected chi connectivity index (χ1v) is 10.3. The molecular weight excluding hydrogens is 362 g/mol. The Morgan fingerprint density at radius 2 is 1.97 bits per heavy atom. The lowest BCUT2D eigenvalue weighted by atomic mass is 9.95. The second-order valence-corrected chi connectivity index (χ2v) is 7.92. The van der Waals surface area contributed by atoms with Crippen molar-refractivity contribution in [1.82, 2.24) is 24.4 Å². The standard InChI is InChI=1S/C23H27N5O/c1-16(2)28-13-11-24-22(28)19-10-7-12-27(15-19)23(29)20-14-25-17(3)26-21(20)18-8-5-4-6-9-18/h4-6,8-9,11,13-14,16,19H,7,10,12,15H2,1-3H3/t19-/m0/s1. The molecule has 6 heteroatoms. The second kappa shape index (κ2) is 8.15. The monoisotopic (exact) mass is 389 g/mol. The van der Waals surface area contributed by atoms with Gasteiger partial charge in [0.05, 0.1) is 11.3 Å². The van der Waals surface area contributed by atoms with Crippen molar-refractivity contribution in [3.63, 3.8) is 0 Å². The van der Waals surface area contributed by atoms with Crippen LogP contribution < -0.4 is 0 Å². The molecule has 3 heterocycles. The van der Waals surface area contributed by atoms with E-state index in [4.69, 9.17) is 0 Å². The van der Waals surface area contributed by atoms with Crippen LogP contribution in [0.2, 0.25) is 0 Å². The van der Waals surface area contributed by atoms with Crippen LogP contribution in [0.15, 0.2) is 48.9 Å². The molecule has 0 unspecified atom stereocenters. The molecule has 1 amide bonds. The first kappa shape index (κ1) is 19.3. The van der Waals surface area contributed by atoms with Gasteiger partial charge in [0.1, 0.15) is 11.6 Å². The van der Waals surface area contributed by atoms with Crippen molar-refractivity contribution in [3.8, 4) is 11.3 Å². The van der Waals surface area contributed by atoms with Gasteiger partial charge in [-0.3, -0.25) is 4.79 Å². The van der Waals surface area contributed by atoms with Gasteiger partial charge in [0.25, 0.3) is 5.91 Å². The molecule has 2 aromatic heterocycles. The van der Waals surface area contributed by atoms with Crippen LogP contribution in [0, 0.1) is 6.92 Å². The molecule has 4 rings (SSSR count). The minimum atomic E-state index is -0.00351. The van der Waals surface area contributed by atoms with Crippen LogP contribution in [-0.4, -0.2) is 43.4 Å². The first-order valence-electron chi connectivity index (χ1n) is 10.3. The molecule has 150 valence electrons. The van der Waals surface area contributed by atoms with Crippen molar-refractivity contribution in [2.45, 2.75) is 45.6 Å². The summed E-state index contributed by atoms with van der Waals surface area (Å²) in [5, 5.41) is 0. The Balaban J connectivity index is 1.63. The van der Waals surface area contributed by atoms with Crippen LogP contribution in [0.3, 0.4) is 0 Å². The summed E-state index contributed by atoms with van der Waals surface area (Å²) >= 11 is 0. The number of hydrogen-bond donors (Lipinski definition) is 0. The van der Waals surface area contributed by atoms with Crippen LogP contribution in [0.4, 0.5) is 0 Å². The zero-order chi connectivity index (χ0) is 20.4. The molecule has 0 aliphatic carbocycles. The van der Waals surface area contributed by atoms with Gasteiger partial charge < -0.3 is 9.47 Å². The van der Waals surface area contributed by atoms with Crippen LogP contribution >= 0.6 is 0 Å². The third-order valence-corrected chi connectivity index (χ3v) is 5.52. The van der Waals surface area contributed by atoms with Crippen molar-refractivity contribution >= 4 is 5.91 Å². The quantitative estimate of drug-likeness (QED) is 0.669. The van der Waals surface area contributed by atoms with Crippen molar-refractivity contribution in [3.05, 3.63) is 66.1 Å². The highest BCUT2D eigenvalue weighted by Gasteiger charge is 2.30. The third-order valence-electron chi connectivity index (χ3n) is 5.52. The van der Waals surface area contributed by atoms with Gasteiger partial charge in [0, 0.05) is 49.2 Å². The van der Waals surface area contributed by atoms with E-state index in [1.54, 1.807) is 6.20 Å². The lowest BCUT2D eigenvalue weighted by Gasteiger charge is -2.33. The molecule has 1 saturated heterocycles. The van der Waals surface area contributed by atoms with Gasteiger partial charge in [0.15, 0.2) is 0 Å². The van der Waals surface area contributed by atoms with E-state index in [2.05, 4.69) is 33.4 Å². The molecular formula is C23H27N5O. The number of likely N-dealkylation sites (tertiary alicyclic amines) is 1. The highest BCUT2D eigenvalue weighted by molar-refractivity contribution is 5.99. The first-order chi connectivity index (χ1) is 14.0. The molecule has 0 spiro atoms. The Hall–Kier alpha value is -3.02. The smallest absolute Gasteiger partial charge is 0.257 e.